The van der Waals surface area contributed by atoms with Crippen molar-refractivity contribution in [2.24, 2.45) is 5.41 Å². The van der Waals surface area contributed by atoms with Gasteiger partial charge in [-0.1, -0.05) is 55.6 Å². The van der Waals surface area contributed by atoms with Crippen molar-refractivity contribution in [2.45, 2.75) is 31.0 Å². The molecule has 0 saturated carbocycles. The molecule has 0 aromatic carbocycles. The molecule has 0 amide bonds. The van der Waals surface area contributed by atoms with E-state index >= 15 is 0 Å². The third kappa shape index (κ3) is 3.93. The summed E-state index contributed by atoms with van der Waals surface area (Å²) in [4.78, 5) is 20.2. The van der Waals surface area contributed by atoms with Crippen molar-refractivity contribution in [2.75, 3.05) is 0 Å². The molecular weight excluding hydrogens is 339 g/mol. The van der Waals surface area contributed by atoms with Crippen LogP contribution in [0, 0.1) is 5.41 Å². The van der Waals surface area contributed by atoms with E-state index in [4.69, 9.17) is 34.8 Å². The van der Waals surface area contributed by atoms with E-state index in [1.807, 2.05) is 20.8 Å². The number of alkyl halides is 3. The number of hydrogen-bond donors (Lipinski definition) is 0. The lowest BCUT2D eigenvalue weighted by atomic mass is 9.92. The predicted molar refractivity (Wildman–Crippen MR) is 78.6 cm³/mol. The molecule has 0 spiro atoms. The smallest absolute Gasteiger partial charge is 0.243 e. The highest BCUT2D eigenvalue weighted by Crippen LogP contribution is 2.36. The molecule has 0 atom stereocenters. The van der Waals surface area contributed by atoms with E-state index in [-0.39, 0.29) is 11.2 Å². The zero-order chi connectivity index (χ0) is 15.8. The summed E-state index contributed by atoms with van der Waals surface area (Å²) < 4.78 is 0.306. The van der Waals surface area contributed by atoms with Gasteiger partial charge in [0.1, 0.15) is 18.5 Å². The summed E-state index contributed by atoms with van der Waals surface area (Å²) in [5.41, 5.74) is -0.127. The fourth-order valence-corrected chi connectivity index (χ4v) is 1.85. The van der Waals surface area contributed by atoms with Crippen molar-refractivity contribution in [3.8, 4) is 0 Å². The van der Waals surface area contributed by atoms with Crippen LogP contribution < -0.4 is 0 Å². The second kappa shape index (κ2) is 5.55. The van der Waals surface area contributed by atoms with Crippen molar-refractivity contribution >= 4 is 40.8 Å². The summed E-state index contributed by atoms with van der Waals surface area (Å²) in [6.07, 6.45) is 2.98. The standard InChI is InChI=1S/C11H13Cl3N6O/c1-10(2,3)4-7-17-8(11(12,13)14)18-20(7)9(21)19-6-15-5-16-19/h5-6H,4H2,1-3H3. The molecule has 0 saturated heterocycles. The third-order valence-corrected chi connectivity index (χ3v) is 2.92. The Labute approximate surface area is 136 Å². The zero-order valence-electron chi connectivity index (χ0n) is 11.6. The van der Waals surface area contributed by atoms with E-state index in [9.17, 15) is 4.79 Å². The first-order valence-corrected chi connectivity index (χ1v) is 7.14. The summed E-state index contributed by atoms with van der Waals surface area (Å²) in [5, 5.41) is 7.76. The maximum Gasteiger partial charge on any atom is 0.372 e. The summed E-state index contributed by atoms with van der Waals surface area (Å²) >= 11 is 17.4. The van der Waals surface area contributed by atoms with Crippen LogP contribution in [0.25, 0.3) is 0 Å². The Bertz CT molecular complexity index is 638. The molecule has 0 N–H and O–H groups in total. The SMILES string of the molecule is CC(C)(C)Cc1nc(C(Cl)(Cl)Cl)nn1C(=O)n1cncn1. The molecular formula is C11H13Cl3N6O. The molecule has 0 unspecified atom stereocenters. The Balaban J connectivity index is 2.47. The Morgan fingerprint density at radius 2 is 1.95 bits per heavy atom. The second-order valence-electron chi connectivity index (χ2n) is 5.62. The van der Waals surface area contributed by atoms with Crippen LogP contribution >= 0.6 is 34.8 Å². The maximum atomic E-state index is 12.3. The summed E-state index contributed by atoms with van der Waals surface area (Å²) in [5.74, 6) is 0.338. The van der Waals surface area contributed by atoms with E-state index < -0.39 is 9.82 Å². The van der Waals surface area contributed by atoms with Crippen LogP contribution in [-0.4, -0.2) is 35.6 Å². The molecule has 21 heavy (non-hydrogen) atoms. The van der Waals surface area contributed by atoms with Gasteiger partial charge >= 0.3 is 6.03 Å². The van der Waals surface area contributed by atoms with Crippen LogP contribution in [0.5, 0.6) is 0 Å². The monoisotopic (exact) mass is 350 g/mol. The van der Waals surface area contributed by atoms with E-state index in [0.29, 0.717) is 12.2 Å². The topological polar surface area (TPSA) is 78.5 Å². The van der Waals surface area contributed by atoms with Crippen molar-refractivity contribution in [3.63, 3.8) is 0 Å². The lowest BCUT2D eigenvalue weighted by Gasteiger charge is -2.16. The largest absolute Gasteiger partial charge is 0.372 e. The highest BCUT2D eigenvalue weighted by Gasteiger charge is 2.32. The molecule has 0 aliphatic rings. The van der Waals surface area contributed by atoms with Gasteiger partial charge < -0.3 is 0 Å². The van der Waals surface area contributed by atoms with Crippen LogP contribution in [0.2, 0.25) is 0 Å². The first-order valence-electron chi connectivity index (χ1n) is 6.00. The number of aromatic nitrogens is 6. The number of rotatable bonds is 1. The second-order valence-corrected chi connectivity index (χ2v) is 7.90. The van der Waals surface area contributed by atoms with Crippen LogP contribution in [0.3, 0.4) is 0 Å². The van der Waals surface area contributed by atoms with Gasteiger partial charge in [0.05, 0.1) is 0 Å². The fraction of sp³-hybridized carbons (Fsp3) is 0.545. The molecule has 114 valence electrons. The first-order chi connectivity index (χ1) is 9.58. The summed E-state index contributed by atoms with van der Waals surface area (Å²) in [7, 11) is 0. The van der Waals surface area contributed by atoms with Crippen LogP contribution in [0.1, 0.15) is 32.4 Å². The van der Waals surface area contributed by atoms with Gasteiger partial charge in [-0.3, -0.25) is 0 Å². The number of nitrogens with zero attached hydrogens (tertiary/aromatic N) is 6. The maximum absolute atomic E-state index is 12.3. The molecule has 7 nitrogen and oxygen atoms in total. The van der Waals surface area contributed by atoms with Crippen LogP contribution in [0.4, 0.5) is 4.79 Å². The fourth-order valence-electron chi connectivity index (χ4n) is 1.61. The van der Waals surface area contributed by atoms with E-state index in [2.05, 4.69) is 20.2 Å². The summed E-state index contributed by atoms with van der Waals surface area (Å²) in [6.45, 7) is 6.00. The van der Waals surface area contributed by atoms with Gasteiger partial charge in [-0.2, -0.15) is 14.5 Å². The first kappa shape index (κ1) is 16.2. The zero-order valence-corrected chi connectivity index (χ0v) is 13.9. The van der Waals surface area contributed by atoms with Crippen molar-refractivity contribution in [1.82, 2.24) is 29.5 Å². The molecule has 0 aliphatic carbocycles. The number of hydrogen-bond acceptors (Lipinski definition) is 5. The van der Waals surface area contributed by atoms with Gasteiger partial charge in [0.2, 0.25) is 5.82 Å². The minimum atomic E-state index is -1.81. The molecule has 0 radical (unpaired) electrons. The van der Waals surface area contributed by atoms with Crippen LogP contribution in [0.15, 0.2) is 12.7 Å². The van der Waals surface area contributed by atoms with Crippen molar-refractivity contribution < 1.29 is 4.79 Å². The Kier molecular flexibility index (Phi) is 4.28. The lowest BCUT2D eigenvalue weighted by molar-refractivity contribution is 0.236. The molecule has 2 aromatic rings. The number of halogens is 3. The molecule has 0 fully saturated rings. The number of carbonyl (C=O) groups is 1. The molecule has 2 aromatic heterocycles. The lowest BCUT2D eigenvalue weighted by Crippen LogP contribution is -2.25. The van der Waals surface area contributed by atoms with Gasteiger partial charge in [0, 0.05) is 6.42 Å². The highest BCUT2D eigenvalue weighted by molar-refractivity contribution is 6.66. The quantitative estimate of drug-likeness (QED) is 0.738. The average Bonchev–Trinajstić information content (AvgIpc) is 2.92. The third-order valence-electron chi connectivity index (χ3n) is 2.41. The van der Waals surface area contributed by atoms with Crippen LogP contribution in [-0.2, 0) is 10.2 Å². The highest BCUT2D eigenvalue weighted by atomic mass is 35.6. The molecule has 10 heteroatoms. The Hall–Kier alpha value is -1.18. The van der Waals surface area contributed by atoms with Gasteiger partial charge in [0.15, 0.2) is 0 Å². The van der Waals surface area contributed by atoms with E-state index in [1.54, 1.807) is 0 Å². The molecule has 2 rings (SSSR count). The van der Waals surface area contributed by atoms with Crippen molar-refractivity contribution in [3.05, 3.63) is 24.3 Å². The van der Waals surface area contributed by atoms with Gasteiger partial charge in [-0.25, -0.2) is 14.8 Å². The minimum absolute atomic E-state index is 0.0554. The number of carbonyl (C=O) groups excluding carboxylic acids is 1. The van der Waals surface area contributed by atoms with Gasteiger partial charge in [-0.15, -0.1) is 5.10 Å². The van der Waals surface area contributed by atoms with E-state index in [0.717, 1.165) is 9.36 Å². The molecule has 0 aliphatic heterocycles. The van der Waals surface area contributed by atoms with Gasteiger partial charge in [-0.05, 0) is 5.41 Å². The normalized spacial score (nSPS) is 12.7. The predicted octanol–water partition coefficient (Wildman–Crippen LogP) is 2.80. The molecule has 0 bridgehead atoms. The minimum Gasteiger partial charge on any atom is -0.243 e. The Morgan fingerprint density at radius 1 is 1.29 bits per heavy atom. The Morgan fingerprint density at radius 3 is 2.43 bits per heavy atom. The summed E-state index contributed by atoms with van der Waals surface area (Å²) in [6, 6.07) is -0.542. The van der Waals surface area contributed by atoms with Crippen molar-refractivity contribution in [1.29, 1.82) is 0 Å². The molecule has 2 heterocycles. The average molecular weight is 352 g/mol. The van der Waals surface area contributed by atoms with E-state index in [1.165, 1.54) is 12.7 Å². The van der Waals surface area contributed by atoms with Gasteiger partial charge in [0.25, 0.3) is 3.79 Å².